The van der Waals surface area contributed by atoms with E-state index in [4.69, 9.17) is 9.47 Å². The Labute approximate surface area is 157 Å². The second kappa shape index (κ2) is 7.85. The van der Waals surface area contributed by atoms with E-state index in [1.54, 1.807) is 18.2 Å². The molecule has 2 aliphatic rings. The Bertz CT molecular complexity index is 750. The Morgan fingerprint density at radius 2 is 2.00 bits per heavy atom. The molecule has 0 spiro atoms. The molecule has 0 aliphatic carbocycles. The first-order valence-electron chi connectivity index (χ1n) is 8.95. The Morgan fingerprint density at radius 1 is 1.22 bits per heavy atom. The van der Waals surface area contributed by atoms with Crippen LogP contribution in [0.4, 0.5) is 0 Å². The van der Waals surface area contributed by atoms with E-state index in [1.807, 2.05) is 0 Å². The first-order chi connectivity index (χ1) is 13.0. The van der Waals surface area contributed by atoms with E-state index in [9.17, 15) is 19.5 Å². The number of likely N-dealkylation sites (tertiary alicyclic amines) is 2. The number of benzene rings is 1. The topological polar surface area (TPSA) is 96.4 Å². The molecule has 0 aromatic heterocycles. The largest absolute Gasteiger partial charge is 0.493 e. The van der Waals surface area contributed by atoms with Crippen LogP contribution >= 0.6 is 0 Å². The molecular formula is C19H24N2O6. The number of para-hydroxylation sites is 1. The number of nitrogens with zero attached hydrogens (tertiary/aromatic N) is 2. The lowest BCUT2D eigenvalue weighted by Crippen LogP contribution is -2.40. The van der Waals surface area contributed by atoms with Crippen molar-refractivity contribution in [2.75, 3.05) is 40.4 Å². The van der Waals surface area contributed by atoms with Gasteiger partial charge in [-0.25, -0.2) is 0 Å². The zero-order valence-electron chi connectivity index (χ0n) is 15.5. The number of rotatable bonds is 6. The number of amides is 2. The van der Waals surface area contributed by atoms with Gasteiger partial charge in [0.15, 0.2) is 11.5 Å². The molecule has 2 amide bonds. The van der Waals surface area contributed by atoms with Gasteiger partial charge in [-0.05, 0) is 12.5 Å². The summed E-state index contributed by atoms with van der Waals surface area (Å²) in [5.41, 5.74) is 0.705. The minimum Gasteiger partial charge on any atom is -0.493 e. The summed E-state index contributed by atoms with van der Waals surface area (Å²) in [5.74, 6) is -1.36. The van der Waals surface area contributed by atoms with Crippen LogP contribution in [-0.2, 0) is 14.4 Å². The molecule has 2 aliphatic heterocycles. The van der Waals surface area contributed by atoms with Gasteiger partial charge in [0, 0.05) is 37.5 Å². The molecule has 1 aromatic carbocycles. The third-order valence-electron chi connectivity index (χ3n) is 5.32. The van der Waals surface area contributed by atoms with E-state index in [2.05, 4.69) is 0 Å². The number of carbonyl (C=O) groups is 3. The van der Waals surface area contributed by atoms with Crippen LogP contribution in [0.2, 0.25) is 0 Å². The molecule has 2 saturated heterocycles. The molecule has 3 rings (SSSR count). The van der Waals surface area contributed by atoms with E-state index < -0.39 is 17.8 Å². The predicted molar refractivity (Wildman–Crippen MR) is 95.8 cm³/mol. The molecule has 2 unspecified atom stereocenters. The lowest BCUT2D eigenvalue weighted by molar-refractivity contribution is -0.142. The van der Waals surface area contributed by atoms with Gasteiger partial charge in [-0.2, -0.15) is 0 Å². The number of aliphatic carboxylic acids is 1. The van der Waals surface area contributed by atoms with Gasteiger partial charge >= 0.3 is 5.97 Å². The molecule has 0 saturated carbocycles. The lowest BCUT2D eigenvalue weighted by Gasteiger charge is -2.22. The van der Waals surface area contributed by atoms with Gasteiger partial charge in [-0.3, -0.25) is 14.4 Å². The van der Waals surface area contributed by atoms with E-state index in [0.29, 0.717) is 30.0 Å². The fraction of sp³-hybridized carbons (Fsp3) is 0.526. The fourth-order valence-corrected chi connectivity index (χ4v) is 3.91. The second-order valence-electron chi connectivity index (χ2n) is 6.85. The van der Waals surface area contributed by atoms with E-state index >= 15 is 0 Å². The molecule has 0 bridgehead atoms. The van der Waals surface area contributed by atoms with Crippen molar-refractivity contribution < 1.29 is 29.0 Å². The minimum atomic E-state index is -0.961. The van der Waals surface area contributed by atoms with Crippen molar-refractivity contribution in [3.63, 3.8) is 0 Å². The number of ether oxygens (including phenoxy) is 2. The maximum absolute atomic E-state index is 12.7. The van der Waals surface area contributed by atoms with Crippen LogP contribution in [0, 0.1) is 5.92 Å². The van der Waals surface area contributed by atoms with Crippen molar-refractivity contribution in [2.24, 2.45) is 5.92 Å². The number of carboxylic acids is 1. The number of hydrogen-bond acceptors (Lipinski definition) is 5. The quantitative estimate of drug-likeness (QED) is 0.794. The SMILES string of the molecule is COc1cccc(C2CN(C(=O)CN3CCCC3=O)CC2C(=O)O)c1OC. The molecule has 27 heavy (non-hydrogen) atoms. The van der Waals surface area contributed by atoms with Crippen LogP contribution < -0.4 is 9.47 Å². The Kier molecular flexibility index (Phi) is 5.53. The van der Waals surface area contributed by atoms with Crippen molar-refractivity contribution in [1.82, 2.24) is 9.80 Å². The molecule has 0 radical (unpaired) electrons. The smallest absolute Gasteiger partial charge is 0.308 e. The summed E-state index contributed by atoms with van der Waals surface area (Å²) in [7, 11) is 3.03. The number of hydrogen-bond donors (Lipinski definition) is 1. The van der Waals surface area contributed by atoms with Crippen LogP contribution in [0.1, 0.15) is 24.3 Å². The standard InChI is InChI=1S/C19H24N2O6/c1-26-15-6-3-5-12(18(15)27-2)13-9-21(10-14(13)19(24)25)17(23)11-20-8-4-7-16(20)22/h3,5-6,13-14H,4,7-11H2,1-2H3,(H,24,25). The highest BCUT2D eigenvalue weighted by molar-refractivity contribution is 5.87. The van der Waals surface area contributed by atoms with Crippen LogP contribution in [0.5, 0.6) is 11.5 Å². The molecule has 8 nitrogen and oxygen atoms in total. The zero-order valence-corrected chi connectivity index (χ0v) is 15.5. The summed E-state index contributed by atoms with van der Waals surface area (Å²) in [6.45, 7) is 0.962. The minimum absolute atomic E-state index is 0.00708. The van der Waals surface area contributed by atoms with Crippen molar-refractivity contribution in [1.29, 1.82) is 0 Å². The average molecular weight is 376 g/mol. The molecule has 146 valence electrons. The maximum Gasteiger partial charge on any atom is 0.308 e. The predicted octanol–water partition coefficient (Wildman–Crippen LogP) is 0.953. The van der Waals surface area contributed by atoms with Crippen LogP contribution in [0.25, 0.3) is 0 Å². The molecule has 1 N–H and O–H groups in total. The second-order valence-corrected chi connectivity index (χ2v) is 6.85. The van der Waals surface area contributed by atoms with Crippen molar-refractivity contribution in [2.45, 2.75) is 18.8 Å². The maximum atomic E-state index is 12.7. The van der Waals surface area contributed by atoms with Gasteiger partial charge in [0.05, 0.1) is 26.7 Å². The van der Waals surface area contributed by atoms with Gasteiger partial charge in [0.2, 0.25) is 11.8 Å². The van der Waals surface area contributed by atoms with Crippen molar-refractivity contribution in [3.8, 4) is 11.5 Å². The highest BCUT2D eigenvalue weighted by Gasteiger charge is 2.42. The van der Waals surface area contributed by atoms with E-state index in [0.717, 1.165) is 6.42 Å². The van der Waals surface area contributed by atoms with Crippen LogP contribution in [-0.4, -0.2) is 73.1 Å². The fourth-order valence-electron chi connectivity index (χ4n) is 3.91. The number of carbonyl (C=O) groups excluding carboxylic acids is 2. The molecular weight excluding hydrogens is 352 g/mol. The van der Waals surface area contributed by atoms with Crippen molar-refractivity contribution in [3.05, 3.63) is 23.8 Å². The van der Waals surface area contributed by atoms with Gasteiger partial charge in [-0.1, -0.05) is 12.1 Å². The molecule has 1 aromatic rings. The summed E-state index contributed by atoms with van der Waals surface area (Å²) in [6.07, 6.45) is 1.22. The first-order valence-corrected chi connectivity index (χ1v) is 8.95. The molecule has 2 atom stereocenters. The number of carboxylic acid groups (broad SMARTS) is 1. The number of methoxy groups -OCH3 is 2. The summed E-state index contributed by atoms with van der Waals surface area (Å²) in [6, 6.07) is 5.33. The summed E-state index contributed by atoms with van der Waals surface area (Å²) in [5, 5.41) is 9.69. The van der Waals surface area contributed by atoms with Crippen LogP contribution in [0.15, 0.2) is 18.2 Å². The van der Waals surface area contributed by atoms with Gasteiger partial charge < -0.3 is 24.4 Å². The highest BCUT2D eigenvalue weighted by atomic mass is 16.5. The van der Waals surface area contributed by atoms with E-state index in [1.165, 1.54) is 24.0 Å². The Morgan fingerprint density at radius 3 is 2.59 bits per heavy atom. The third-order valence-corrected chi connectivity index (χ3v) is 5.32. The monoisotopic (exact) mass is 376 g/mol. The highest BCUT2D eigenvalue weighted by Crippen LogP contribution is 2.41. The summed E-state index contributed by atoms with van der Waals surface area (Å²) in [4.78, 5) is 39.3. The van der Waals surface area contributed by atoms with E-state index in [-0.39, 0.29) is 31.4 Å². The first kappa shape index (κ1) is 19.0. The van der Waals surface area contributed by atoms with Gasteiger partial charge in [-0.15, -0.1) is 0 Å². The lowest BCUT2D eigenvalue weighted by atomic mass is 9.88. The van der Waals surface area contributed by atoms with Crippen LogP contribution in [0.3, 0.4) is 0 Å². The van der Waals surface area contributed by atoms with Crippen molar-refractivity contribution >= 4 is 17.8 Å². The van der Waals surface area contributed by atoms with Gasteiger partial charge in [0.1, 0.15) is 0 Å². The molecule has 8 heteroatoms. The normalized spacial score (nSPS) is 22.2. The zero-order chi connectivity index (χ0) is 19.6. The summed E-state index contributed by atoms with van der Waals surface area (Å²) >= 11 is 0. The molecule has 2 fully saturated rings. The summed E-state index contributed by atoms with van der Waals surface area (Å²) < 4.78 is 10.8. The Hall–Kier alpha value is -2.77. The average Bonchev–Trinajstić information content (AvgIpc) is 3.27. The van der Waals surface area contributed by atoms with Gasteiger partial charge in [0.25, 0.3) is 0 Å². The third kappa shape index (κ3) is 3.70. The molecule has 2 heterocycles. The Balaban J connectivity index is 1.82.